The number of halogens is 2. The number of carbonyl (C=O) groups excluding carboxylic acids is 2. The van der Waals surface area contributed by atoms with Gasteiger partial charge < -0.3 is 25.6 Å². The minimum atomic E-state index is -1.43. The maximum absolute atomic E-state index is 13.2. The highest BCUT2D eigenvalue weighted by Gasteiger charge is 2.27. The van der Waals surface area contributed by atoms with E-state index in [9.17, 15) is 19.5 Å². The highest BCUT2D eigenvalue weighted by atomic mass is 35.5. The summed E-state index contributed by atoms with van der Waals surface area (Å²) < 4.78 is 1.65. The van der Waals surface area contributed by atoms with Crippen LogP contribution in [0.4, 0.5) is 4.79 Å². The van der Waals surface area contributed by atoms with Crippen LogP contribution in [0, 0.1) is 0 Å². The zero-order valence-electron chi connectivity index (χ0n) is 21.1. The van der Waals surface area contributed by atoms with Crippen molar-refractivity contribution in [3.8, 4) is 16.9 Å². The number of nitrogens with zero attached hydrogens (tertiary/aromatic N) is 2. The number of carbonyl (C=O) groups is 3. The number of aromatic nitrogens is 2. The molecule has 2 unspecified atom stereocenters. The molecule has 40 heavy (non-hydrogen) atoms. The van der Waals surface area contributed by atoms with E-state index in [2.05, 4.69) is 20.9 Å². The zero-order valence-corrected chi connectivity index (χ0v) is 22.6. The average Bonchev–Trinajstić information content (AvgIpc) is 3.59. The third-order valence-electron chi connectivity index (χ3n) is 6.74. The van der Waals surface area contributed by atoms with Crippen LogP contribution in [-0.2, 0) is 11.2 Å². The number of hydrogen-bond donors (Lipinski definition) is 4. The Morgan fingerprint density at radius 3 is 2.55 bits per heavy atom. The lowest BCUT2D eigenvalue weighted by atomic mass is 10.1. The summed E-state index contributed by atoms with van der Waals surface area (Å²) in [7, 11) is 0. The van der Waals surface area contributed by atoms with Gasteiger partial charge in [0.05, 0.1) is 45.9 Å². The van der Waals surface area contributed by atoms with Crippen molar-refractivity contribution in [1.82, 2.24) is 25.5 Å². The van der Waals surface area contributed by atoms with Crippen molar-refractivity contribution >= 4 is 41.1 Å². The van der Waals surface area contributed by atoms with Crippen molar-refractivity contribution in [2.24, 2.45) is 0 Å². The Hall–Kier alpha value is -4.34. The largest absolute Gasteiger partial charge is 0.480 e. The minimum absolute atomic E-state index is 0.0248. The molecule has 0 spiro atoms. The number of aliphatic carboxylic acids is 1. The van der Waals surface area contributed by atoms with E-state index < -0.39 is 23.9 Å². The van der Waals surface area contributed by atoms with Crippen molar-refractivity contribution in [3.05, 3.63) is 106 Å². The number of amides is 3. The van der Waals surface area contributed by atoms with Gasteiger partial charge in [-0.2, -0.15) is 0 Å². The summed E-state index contributed by atoms with van der Waals surface area (Å²) in [5.41, 5.74) is 4.17. The van der Waals surface area contributed by atoms with Crippen LogP contribution in [-0.4, -0.2) is 45.2 Å². The fraction of sp³-hybridized carbons (Fsp3) is 0.172. The monoisotopic (exact) mass is 577 g/mol. The molecule has 204 valence electrons. The first-order chi connectivity index (χ1) is 19.3. The fourth-order valence-electron chi connectivity index (χ4n) is 4.70. The van der Waals surface area contributed by atoms with Gasteiger partial charge in [0.2, 0.25) is 0 Å². The lowest BCUT2D eigenvalue weighted by molar-refractivity contribution is -0.139. The van der Waals surface area contributed by atoms with E-state index >= 15 is 0 Å². The number of imidazole rings is 1. The number of aryl methyl sites for hydroxylation is 1. The normalized spacial score (nSPS) is 14.7. The quantitative estimate of drug-likeness (QED) is 0.234. The van der Waals surface area contributed by atoms with Gasteiger partial charge in [-0.25, -0.2) is 14.6 Å². The number of benzene rings is 3. The van der Waals surface area contributed by atoms with Crippen LogP contribution in [0.3, 0.4) is 0 Å². The van der Waals surface area contributed by atoms with Gasteiger partial charge in [-0.15, -0.1) is 0 Å². The second-order valence-corrected chi connectivity index (χ2v) is 10.1. The molecule has 1 aliphatic rings. The Morgan fingerprint density at radius 1 is 1.02 bits per heavy atom. The number of rotatable bonds is 8. The van der Waals surface area contributed by atoms with Crippen molar-refractivity contribution in [3.63, 3.8) is 0 Å². The van der Waals surface area contributed by atoms with Crippen LogP contribution in [0.2, 0.25) is 10.0 Å². The van der Waals surface area contributed by atoms with Gasteiger partial charge >= 0.3 is 12.0 Å². The van der Waals surface area contributed by atoms with Crippen LogP contribution >= 0.6 is 23.2 Å². The van der Waals surface area contributed by atoms with Gasteiger partial charge in [0.15, 0.2) is 0 Å². The highest BCUT2D eigenvalue weighted by Crippen LogP contribution is 2.32. The third-order valence-corrected chi connectivity index (χ3v) is 7.43. The number of carboxylic acids is 1. The predicted molar refractivity (Wildman–Crippen MR) is 152 cm³/mol. The van der Waals surface area contributed by atoms with Crippen molar-refractivity contribution in [2.45, 2.75) is 24.9 Å². The molecule has 0 bridgehead atoms. The smallest absolute Gasteiger partial charge is 0.328 e. The Balaban J connectivity index is 1.27. The zero-order chi connectivity index (χ0) is 28.2. The molecule has 11 heteroatoms. The molecule has 3 amide bonds. The Morgan fingerprint density at radius 2 is 1.77 bits per heavy atom. The summed E-state index contributed by atoms with van der Waals surface area (Å²) in [6.07, 6.45) is 4.92. The summed E-state index contributed by atoms with van der Waals surface area (Å²) >= 11 is 12.9. The first kappa shape index (κ1) is 27.2. The second-order valence-electron chi connectivity index (χ2n) is 9.30. The first-order valence-corrected chi connectivity index (χ1v) is 13.3. The molecule has 3 aromatic carbocycles. The standard InChI is InChI=1S/C29H25Cl2N5O4/c30-20-11-13-24(36-15-23(33-16-36)18-7-2-1-3-8-18)26(31)25(20)27(37)34-22(28(38)39)14-32-29(40)35-21-12-10-17-6-4-5-9-19(17)21/h1-9,11,13,15-16,21-22H,10,12,14H2,(H,34,37)(H,38,39)(H2,32,35,40). The molecular weight excluding hydrogens is 553 g/mol. The lowest BCUT2D eigenvalue weighted by Crippen LogP contribution is -2.50. The molecule has 0 saturated carbocycles. The van der Waals surface area contributed by atoms with E-state index in [1.165, 1.54) is 11.6 Å². The van der Waals surface area contributed by atoms with Crippen molar-refractivity contribution in [2.75, 3.05) is 6.54 Å². The van der Waals surface area contributed by atoms with E-state index in [1.54, 1.807) is 23.2 Å². The van der Waals surface area contributed by atoms with Crippen molar-refractivity contribution in [1.29, 1.82) is 0 Å². The van der Waals surface area contributed by atoms with Crippen molar-refractivity contribution < 1.29 is 19.5 Å². The second kappa shape index (κ2) is 11.8. The molecule has 4 aromatic rings. The maximum Gasteiger partial charge on any atom is 0.328 e. The topological polar surface area (TPSA) is 125 Å². The van der Waals surface area contributed by atoms with E-state index in [1.807, 2.05) is 54.6 Å². The number of fused-ring (bicyclic) bond motifs is 1. The lowest BCUT2D eigenvalue weighted by Gasteiger charge is -2.19. The van der Waals surface area contributed by atoms with Crippen LogP contribution < -0.4 is 16.0 Å². The molecule has 1 heterocycles. The predicted octanol–water partition coefficient (Wildman–Crippen LogP) is 5.02. The summed E-state index contributed by atoms with van der Waals surface area (Å²) in [4.78, 5) is 42.0. The summed E-state index contributed by atoms with van der Waals surface area (Å²) in [5.74, 6) is -2.12. The number of nitrogens with one attached hydrogen (secondary N) is 3. The van der Waals surface area contributed by atoms with E-state index in [-0.39, 0.29) is 28.2 Å². The van der Waals surface area contributed by atoms with Gasteiger partial charge in [-0.1, -0.05) is 77.8 Å². The molecule has 1 aliphatic carbocycles. The van der Waals surface area contributed by atoms with E-state index in [4.69, 9.17) is 23.2 Å². The summed E-state index contributed by atoms with van der Waals surface area (Å²) in [5, 5.41) is 17.6. The molecular formula is C29H25Cl2N5O4. The highest BCUT2D eigenvalue weighted by molar-refractivity contribution is 6.40. The van der Waals surface area contributed by atoms with Gasteiger partial charge in [0, 0.05) is 11.8 Å². The SMILES string of the molecule is O=C(NCC(NC(=O)c1c(Cl)ccc(-n2cnc(-c3ccccc3)c2)c1Cl)C(=O)O)NC1CCc2ccccc21. The van der Waals surface area contributed by atoms with Gasteiger partial charge in [0.1, 0.15) is 6.04 Å². The molecule has 5 rings (SSSR count). The van der Waals surface area contributed by atoms with E-state index in [0.29, 0.717) is 11.4 Å². The first-order valence-electron chi connectivity index (χ1n) is 12.6. The maximum atomic E-state index is 13.2. The Bertz CT molecular complexity index is 1570. The van der Waals surface area contributed by atoms with Crippen LogP contribution in [0.1, 0.15) is 33.9 Å². The van der Waals surface area contributed by atoms with Crippen LogP contribution in [0.5, 0.6) is 0 Å². The number of carboxylic acid groups (broad SMARTS) is 1. The number of urea groups is 1. The van der Waals surface area contributed by atoms with Crippen LogP contribution in [0.25, 0.3) is 16.9 Å². The van der Waals surface area contributed by atoms with Gasteiger partial charge in [0.25, 0.3) is 5.91 Å². The third kappa shape index (κ3) is 5.80. The Labute approximate surface area is 240 Å². The van der Waals surface area contributed by atoms with Gasteiger partial charge in [-0.3, -0.25) is 4.79 Å². The molecule has 4 N–H and O–H groups in total. The van der Waals surface area contributed by atoms with Crippen LogP contribution in [0.15, 0.2) is 79.3 Å². The summed E-state index contributed by atoms with van der Waals surface area (Å²) in [6.45, 7) is -0.349. The fourth-order valence-corrected chi connectivity index (χ4v) is 5.34. The molecule has 9 nitrogen and oxygen atoms in total. The average molecular weight is 578 g/mol. The molecule has 0 radical (unpaired) electrons. The van der Waals surface area contributed by atoms with E-state index in [0.717, 1.165) is 24.0 Å². The molecule has 1 aromatic heterocycles. The number of hydrogen-bond acceptors (Lipinski definition) is 4. The molecule has 0 fully saturated rings. The van der Waals surface area contributed by atoms with Gasteiger partial charge in [-0.05, 0) is 36.1 Å². The molecule has 0 aliphatic heterocycles. The minimum Gasteiger partial charge on any atom is -0.480 e. The Kier molecular flexibility index (Phi) is 8.04. The molecule has 0 saturated heterocycles. The molecule has 2 atom stereocenters. The summed E-state index contributed by atoms with van der Waals surface area (Å²) in [6, 6.07) is 18.4.